The summed E-state index contributed by atoms with van der Waals surface area (Å²) in [7, 11) is 2.13. The number of aromatic nitrogens is 2. The third kappa shape index (κ3) is 4.44. The van der Waals surface area contributed by atoms with E-state index in [0.29, 0.717) is 22.6 Å². The lowest BCUT2D eigenvalue weighted by atomic mass is 10.1. The predicted octanol–water partition coefficient (Wildman–Crippen LogP) is 4.18. The van der Waals surface area contributed by atoms with Gasteiger partial charge in [-0.1, -0.05) is 41.4 Å². The van der Waals surface area contributed by atoms with Crippen molar-refractivity contribution in [2.45, 2.75) is 6.92 Å². The van der Waals surface area contributed by atoms with E-state index in [0.717, 1.165) is 43.0 Å². The Labute approximate surface area is 176 Å². The number of nitrogens with one attached hydrogen (secondary N) is 1. The van der Waals surface area contributed by atoms with E-state index in [9.17, 15) is 0 Å². The Morgan fingerprint density at radius 1 is 0.931 bits per heavy atom. The number of aryl methyl sites for hydroxylation is 1. The second kappa shape index (κ2) is 8.27. The summed E-state index contributed by atoms with van der Waals surface area (Å²) in [4.78, 5) is 14.0. The minimum atomic E-state index is 0.450. The molecular weight excluding hydrogens is 384 g/mol. The smallest absolute Gasteiger partial charge is 0.229 e. The molecule has 3 aromatic rings. The summed E-state index contributed by atoms with van der Waals surface area (Å²) < 4.78 is 0. The van der Waals surface area contributed by atoms with Crippen molar-refractivity contribution in [3.05, 3.63) is 59.1 Å². The topological polar surface area (TPSA) is 70.3 Å². The minimum absolute atomic E-state index is 0.450. The standard InChI is InChI=1S/C22H25ClN6/c1-15-3-9-18(10-4-15)25-21-19(16-5-7-17(23)8-6-16)20(24)26-22(27-21)29-13-11-28(2)12-14-29/h3-10H,11-14H2,1-2H3,(H3,24,25,26,27). The SMILES string of the molecule is Cc1ccc(Nc2nc(N3CCN(C)CC3)nc(N)c2-c2ccc(Cl)cc2)cc1. The number of rotatable bonds is 4. The third-order valence-corrected chi connectivity index (χ3v) is 5.41. The second-order valence-corrected chi connectivity index (χ2v) is 7.86. The molecule has 150 valence electrons. The zero-order valence-corrected chi connectivity index (χ0v) is 17.4. The van der Waals surface area contributed by atoms with E-state index in [2.05, 4.69) is 46.2 Å². The van der Waals surface area contributed by atoms with Crippen molar-refractivity contribution < 1.29 is 0 Å². The first kappa shape index (κ1) is 19.5. The monoisotopic (exact) mass is 408 g/mol. The number of halogens is 1. The largest absolute Gasteiger partial charge is 0.383 e. The number of nitrogens with two attached hydrogens (primary N) is 1. The van der Waals surface area contributed by atoms with E-state index in [-0.39, 0.29) is 0 Å². The maximum atomic E-state index is 6.44. The van der Waals surface area contributed by atoms with E-state index in [1.807, 2.05) is 36.4 Å². The van der Waals surface area contributed by atoms with Gasteiger partial charge in [0.05, 0.1) is 5.56 Å². The number of benzene rings is 2. The molecule has 4 rings (SSSR count). The van der Waals surface area contributed by atoms with E-state index in [1.54, 1.807) is 0 Å². The van der Waals surface area contributed by atoms with Gasteiger partial charge in [-0.2, -0.15) is 9.97 Å². The van der Waals surface area contributed by atoms with Gasteiger partial charge in [0.1, 0.15) is 11.6 Å². The Bertz CT molecular complexity index is 979. The molecular formula is C22H25ClN6. The highest BCUT2D eigenvalue weighted by molar-refractivity contribution is 6.30. The number of nitrogen functional groups attached to an aromatic ring is 1. The van der Waals surface area contributed by atoms with Gasteiger partial charge in [0.2, 0.25) is 5.95 Å². The van der Waals surface area contributed by atoms with Crippen molar-refractivity contribution in [1.82, 2.24) is 14.9 Å². The molecule has 29 heavy (non-hydrogen) atoms. The van der Waals surface area contributed by atoms with Crippen LogP contribution in [0.5, 0.6) is 0 Å². The van der Waals surface area contributed by atoms with Gasteiger partial charge < -0.3 is 20.9 Å². The van der Waals surface area contributed by atoms with Gasteiger partial charge in [0.15, 0.2) is 0 Å². The highest BCUT2D eigenvalue weighted by Crippen LogP contribution is 2.35. The van der Waals surface area contributed by atoms with Crippen LogP contribution in [-0.4, -0.2) is 48.1 Å². The molecule has 0 saturated carbocycles. The van der Waals surface area contributed by atoms with Crippen LogP contribution in [0.25, 0.3) is 11.1 Å². The number of likely N-dealkylation sites (N-methyl/N-ethyl adjacent to an activating group) is 1. The molecule has 3 N–H and O–H groups in total. The van der Waals surface area contributed by atoms with E-state index in [4.69, 9.17) is 22.3 Å². The molecule has 7 heteroatoms. The predicted molar refractivity (Wildman–Crippen MR) is 121 cm³/mol. The molecule has 2 heterocycles. The Morgan fingerprint density at radius 2 is 1.59 bits per heavy atom. The van der Waals surface area contributed by atoms with Gasteiger partial charge in [-0.25, -0.2) is 0 Å². The Kier molecular flexibility index (Phi) is 5.56. The van der Waals surface area contributed by atoms with Gasteiger partial charge in [-0.15, -0.1) is 0 Å². The maximum Gasteiger partial charge on any atom is 0.229 e. The molecule has 1 fully saturated rings. The summed E-state index contributed by atoms with van der Waals surface area (Å²) in [6.07, 6.45) is 0. The van der Waals surface area contributed by atoms with Crippen molar-refractivity contribution >= 4 is 34.9 Å². The summed E-state index contributed by atoms with van der Waals surface area (Å²) in [5.74, 6) is 1.80. The van der Waals surface area contributed by atoms with Crippen LogP contribution in [0.2, 0.25) is 5.02 Å². The molecule has 0 radical (unpaired) electrons. The van der Waals surface area contributed by atoms with Crippen LogP contribution >= 0.6 is 11.6 Å². The molecule has 0 spiro atoms. The molecule has 1 aliphatic heterocycles. The van der Waals surface area contributed by atoms with Gasteiger partial charge in [0.25, 0.3) is 0 Å². The molecule has 0 amide bonds. The molecule has 1 saturated heterocycles. The number of piperazine rings is 1. The molecule has 0 aliphatic carbocycles. The molecule has 0 unspecified atom stereocenters. The van der Waals surface area contributed by atoms with E-state index < -0.39 is 0 Å². The van der Waals surface area contributed by atoms with Crippen LogP contribution in [0.3, 0.4) is 0 Å². The number of hydrogen-bond acceptors (Lipinski definition) is 6. The fourth-order valence-corrected chi connectivity index (χ4v) is 3.50. The summed E-state index contributed by atoms with van der Waals surface area (Å²) in [6, 6.07) is 15.8. The second-order valence-electron chi connectivity index (χ2n) is 7.42. The Hall–Kier alpha value is -2.83. The Morgan fingerprint density at radius 3 is 2.24 bits per heavy atom. The van der Waals surface area contributed by atoms with Gasteiger partial charge in [0, 0.05) is 36.9 Å². The Balaban J connectivity index is 1.76. The number of nitrogens with zero attached hydrogens (tertiary/aromatic N) is 4. The quantitative estimate of drug-likeness (QED) is 0.674. The highest BCUT2D eigenvalue weighted by atomic mass is 35.5. The van der Waals surface area contributed by atoms with Crippen molar-refractivity contribution in [2.75, 3.05) is 49.2 Å². The van der Waals surface area contributed by atoms with Crippen LogP contribution in [0, 0.1) is 6.92 Å². The van der Waals surface area contributed by atoms with Gasteiger partial charge >= 0.3 is 0 Å². The van der Waals surface area contributed by atoms with E-state index >= 15 is 0 Å². The lowest BCUT2D eigenvalue weighted by Gasteiger charge is -2.32. The van der Waals surface area contributed by atoms with Crippen LogP contribution in [0.4, 0.5) is 23.3 Å². The average molecular weight is 409 g/mol. The first-order chi connectivity index (χ1) is 14.0. The first-order valence-corrected chi connectivity index (χ1v) is 10.1. The number of hydrogen-bond donors (Lipinski definition) is 2. The van der Waals surface area contributed by atoms with Gasteiger partial charge in [-0.3, -0.25) is 0 Å². The fourth-order valence-electron chi connectivity index (χ4n) is 3.38. The zero-order valence-electron chi connectivity index (χ0n) is 16.7. The van der Waals surface area contributed by atoms with Crippen molar-refractivity contribution in [3.63, 3.8) is 0 Å². The van der Waals surface area contributed by atoms with E-state index in [1.165, 1.54) is 5.56 Å². The average Bonchev–Trinajstić information content (AvgIpc) is 2.71. The third-order valence-electron chi connectivity index (χ3n) is 5.16. The summed E-state index contributed by atoms with van der Waals surface area (Å²) in [6.45, 7) is 5.77. The zero-order chi connectivity index (χ0) is 20.4. The first-order valence-electron chi connectivity index (χ1n) is 9.70. The van der Waals surface area contributed by atoms with Crippen LogP contribution in [-0.2, 0) is 0 Å². The number of anilines is 4. The molecule has 6 nitrogen and oxygen atoms in total. The van der Waals surface area contributed by atoms with Crippen molar-refractivity contribution in [3.8, 4) is 11.1 Å². The summed E-state index contributed by atoms with van der Waals surface area (Å²) in [5.41, 5.74) is 10.3. The van der Waals surface area contributed by atoms with Crippen LogP contribution in [0.15, 0.2) is 48.5 Å². The molecule has 0 bridgehead atoms. The van der Waals surface area contributed by atoms with Crippen molar-refractivity contribution in [2.24, 2.45) is 0 Å². The van der Waals surface area contributed by atoms with Crippen LogP contribution in [0.1, 0.15) is 5.56 Å². The molecule has 1 aliphatic rings. The van der Waals surface area contributed by atoms with Crippen LogP contribution < -0.4 is 16.0 Å². The molecule has 2 aromatic carbocycles. The maximum absolute atomic E-state index is 6.44. The highest BCUT2D eigenvalue weighted by Gasteiger charge is 2.21. The van der Waals surface area contributed by atoms with Crippen molar-refractivity contribution in [1.29, 1.82) is 0 Å². The molecule has 1 aromatic heterocycles. The normalized spacial score (nSPS) is 14.8. The molecule has 0 atom stereocenters. The summed E-state index contributed by atoms with van der Waals surface area (Å²) in [5, 5.41) is 4.12. The fraction of sp³-hybridized carbons (Fsp3) is 0.273. The summed E-state index contributed by atoms with van der Waals surface area (Å²) >= 11 is 6.07. The lowest BCUT2D eigenvalue weighted by molar-refractivity contribution is 0.311. The minimum Gasteiger partial charge on any atom is -0.383 e. The van der Waals surface area contributed by atoms with Gasteiger partial charge in [-0.05, 0) is 43.8 Å². The lowest BCUT2D eigenvalue weighted by Crippen LogP contribution is -2.45.